The maximum atomic E-state index is 12.2. The Kier molecular flexibility index (Phi) is 5.32. The number of nitrogens with one attached hydrogen (secondary N) is 2. The van der Waals surface area contributed by atoms with E-state index >= 15 is 0 Å². The van der Waals surface area contributed by atoms with E-state index in [1.54, 1.807) is 0 Å². The second-order valence-corrected chi connectivity index (χ2v) is 7.89. The number of nitrogens with zero attached hydrogens (tertiary/aromatic N) is 2. The number of sulfonamides is 1. The minimum Gasteiger partial charge on any atom is -0.354 e. The molecule has 2 N–H and O–H groups in total. The predicted octanol–water partition coefficient (Wildman–Crippen LogP) is 1.01. The van der Waals surface area contributed by atoms with Crippen molar-refractivity contribution in [1.29, 1.82) is 0 Å². The van der Waals surface area contributed by atoms with E-state index in [2.05, 4.69) is 15.6 Å². The third kappa shape index (κ3) is 3.78. The molecule has 8 nitrogen and oxygen atoms in total. The van der Waals surface area contributed by atoms with Crippen molar-refractivity contribution in [3.05, 3.63) is 40.9 Å². The van der Waals surface area contributed by atoms with E-state index in [0.29, 0.717) is 0 Å². The second kappa shape index (κ2) is 7.07. The van der Waals surface area contributed by atoms with Crippen LogP contribution in [0.4, 0.5) is 5.13 Å². The van der Waals surface area contributed by atoms with E-state index in [0.717, 1.165) is 15.6 Å². The molecule has 0 aliphatic rings. The number of thiazole rings is 1. The lowest BCUT2D eigenvalue weighted by Gasteiger charge is -2.11. The van der Waals surface area contributed by atoms with Crippen LogP contribution >= 0.6 is 11.3 Å². The van der Waals surface area contributed by atoms with Crippen LogP contribution in [0.1, 0.15) is 20.8 Å². The quantitative estimate of drug-likeness (QED) is 0.819. The molecule has 24 heavy (non-hydrogen) atoms. The summed E-state index contributed by atoms with van der Waals surface area (Å²) in [7, 11) is 0.815. The first-order chi connectivity index (χ1) is 11.3. The highest BCUT2D eigenvalue weighted by atomic mass is 32.2. The summed E-state index contributed by atoms with van der Waals surface area (Å²) >= 11 is 1.12. The molecule has 0 fully saturated rings. The molecule has 128 valence electrons. The Morgan fingerprint density at radius 3 is 2.29 bits per heavy atom. The van der Waals surface area contributed by atoms with Gasteiger partial charge >= 0.3 is 0 Å². The summed E-state index contributed by atoms with van der Waals surface area (Å²) in [6, 6.07) is 5.56. The van der Waals surface area contributed by atoms with Gasteiger partial charge in [0.05, 0.1) is 4.90 Å². The van der Waals surface area contributed by atoms with Crippen LogP contribution in [0.3, 0.4) is 0 Å². The molecular weight excluding hydrogens is 352 g/mol. The Hall–Kier alpha value is -2.30. The van der Waals surface area contributed by atoms with Gasteiger partial charge in [0.15, 0.2) is 5.13 Å². The lowest BCUT2D eigenvalue weighted by Crippen LogP contribution is -2.22. The number of hydrogen-bond donors (Lipinski definition) is 2. The molecule has 0 bridgehead atoms. The van der Waals surface area contributed by atoms with Crippen molar-refractivity contribution in [3.8, 4) is 0 Å². The van der Waals surface area contributed by atoms with Gasteiger partial charge in [-0.15, -0.1) is 11.3 Å². The average Bonchev–Trinajstić information content (AvgIpc) is 3.02. The number of hydrogen-bond acceptors (Lipinski definition) is 6. The zero-order valence-electron chi connectivity index (χ0n) is 13.2. The fourth-order valence-corrected chi connectivity index (χ4v) is 3.31. The predicted molar refractivity (Wildman–Crippen MR) is 90.8 cm³/mol. The van der Waals surface area contributed by atoms with Gasteiger partial charge in [-0.25, -0.2) is 17.7 Å². The highest BCUT2D eigenvalue weighted by Crippen LogP contribution is 2.18. The molecule has 0 aliphatic heterocycles. The number of rotatable bonds is 5. The zero-order valence-corrected chi connectivity index (χ0v) is 14.9. The first-order valence-electron chi connectivity index (χ1n) is 6.77. The van der Waals surface area contributed by atoms with E-state index < -0.39 is 15.9 Å². The van der Waals surface area contributed by atoms with Crippen molar-refractivity contribution in [3.63, 3.8) is 0 Å². The first-order valence-corrected chi connectivity index (χ1v) is 9.09. The highest BCUT2D eigenvalue weighted by Gasteiger charge is 2.18. The smallest absolute Gasteiger partial charge is 0.270 e. The van der Waals surface area contributed by atoms with Gasteiger partial charge in [-0.1, -0.05) is 0 Å². The number of carbonyl (C=O) groups is 2. The molecule has 0 atom stereocenters. The van der Waals surface area contributed by atoms with Crippen molar-refractivity contribution in [1.82, 2.24) is 14.6 Å². The molecule has 1 aromatic carbocycles. The zero-order chi connectivity index (χ0) is 17.9. The van der Waals surface area contributed by atoms with Gasteiger partial charge in [0.25, 0.3) is 11.8 Å². The Bertz CT molecular complexity index is 857. The van der Waals surface area contributed by atoms with Crippen LogP contribution in [-0.2, 0) is 10.0 Å². The first kappa shape index (κ1) is 18.0. The summed E-state index contributed by atoms with van der Waals surface area (Å²) < 4.78 is 25.1. The summed E-state index contributed by atoms with van der Waals surface area (Å²) in [6.45, 7) is 0. The van der Waals surface area contributed by atoms with Gasteiger partial charge in [0.1, 0.15) is 5.69 Å². The minimum atomic E-state index is -3.54. The molecule has 1 heterocycles. The van der Waals surface area contributed by atoms with Gasteiger partial charge in [-0.3, -0.25) is 14.9 Å². The Balaban J connectivity index is 2.13. The second-order valence-electron chi connectivity index (χ2n) is 4.88. The van der Waals surface area contributed by atoms with Crippen LogP contribution in [-0.4, -0.2) is 50.7 Å². The molecule has 2 aromatic rings. The molecule has 2 amide bonds. The van der Waals surface area contributed by atoms with Crippen LogP contribution in [0.5, 0.6) is 0 Å². The lowest BCUT2D eigenvalue weighted by molar-refractivity contribution is 0.0957. The molecule has 0 saturated heterocycles. The van der Waals surface area contributed by atoms with Crippen LogP contribution in [0, 0.1) is 0 Å². The van der Waals surface area contributed by atoms with E-state index in [-0.39, 0.29) is 27.2 Å². The molecule has 0 spiro atoms. The highest BCUT2D eigenvalue weighted by molar-refractivity contribution is 7.89. The van der Waals surface area contributed by atoms with Gasteiger partial charge in [0.2, 0.25) is 10.0 Å². The Labute approximate surface area is 143 Å². The summed E-state index contributed by atoms with van der Waals surface area (Å²) in [6.07, 6.45) is 0. The van der Waals surface area contributed by atoms with Crippen molar-refractivity contribution < 1.29 is 18.0 Å². The summed E-state index contributed by atoms with van der Waals surface area (Å²) in [4.78, 5) is 27.7. The van der Waals surface area contributed by atoms with Crippen molar-refractivity contribution in [2.75, 3.05) is 26.5 Å². The standard InChI is InChI=1S/C14H16N4O4S2/c1-15-13(20)11-8-23-14(16-11)17-12(19)9-4-6-10(7-5-9)24(21,22)18(2)3/h4-8H,1-3H3,(H,15,20)(H,16,17,19). The third-order valence-corrected chi connectivity index (χ3v) is 5.67. The average molecular weight is 368 g/mol. The Morgan fingerprint density at radius 2 is 1.75 bits per heavy atom. The van der Waals surface area contributed by atoms with Crippen molar-refractivity contribution >= 4 is 38.3 Å². The third-order valence-electron chi connectivity index (χ3n) is 3.08. The molecule has 0 saturated carbocycles. The van der Waals surface area contributed by atoms with E-state index in [9.17, 15) is 18.0 Å². The van der Waals surface area contributed by atoms with Gasteiger partial charge in [-0.05, 0) is 24.3 Å². The number of benzene rings is 1. The minimum absolute atomic E-state index is 0.0974. The number of anilines is 1. The topological polar surface area (TPSA) is 108 Å². The van der Waals surface area contributed by atoms with Crippen LogP contribution in [0.2, 0.25) is 0 Å². The normalized spacial score (nSPS) is 11.3. The Morgan fingerprint density at radius 1 is 1.12 bits per heavy atom. The largest absolute Gasteiger partial charge is 0.354 e. The fourth-order valence-electron chi connectivity index (χ4n) is 1.72. The lowest BCUT2D eigenvalue weighted by atomic mass is 10.2. The molecule has 0 aliphatic carbocycles. The molecular formula is C14H16N4O4S2. The van der Waals surface area contributed by atoms with Crippen LogP contribution in [0.15, 0.2) is 34.5 Å². The molecule has 10 heteroatoms. The van der Waals surface area contributed by atoms with E-state index in [1.807, 2.05) is 0 Å². The van der Waals surface area contributed by atoms with Gasteiger partial charge in [-0.2, -0.15) is 0 Å². The summed E-state index contributed by atoms with van der Waals surface area (Å²) in [5.41, 5.74) is 0.495. The number of carbonyl (C=O) groups excluding carboxylic acids is 2. The number of aromatic nitrogens is 1. The summed E-state index contributed by atoms with van der Waals surface area (Å²) in [5, 5.41) is 6.82. The summed E-state index contributed by atoms with van der Waals surface area (Å²) in [5.74, 6) is -0.786. The SMILES string of the molecule is CNC(=O)c1csc(NC(=O)c2ccc(S(=O)(=O)N(C)C)cc2)n1. The number of amides is 2. The fraction of sp³-hybridized carbons (Fsp3) is 0.214. The molecule has 0 unspecified atom stereocenters. The molecule has 1 aromatic heterocycles. The van der Waals surface area contributed by atoms with Crippen molar-refractivity contribution in [2.24, 2.45) is 0 Å². The maximum Gasteiger partial charge on any atom is 0.270 e. The van der Waals surface area contributed by atoms with Gasteiger partial charge in [0, 0.05) is 32.1 Å². The van der Waals surface area contributed by atoms with E-state index in [4.69, 9.17) is 0 Å². The van der Waals surface area contributed by atoms with Gasteiger partial charge < -0.3 is 5.32 Å². The monoisotopic (exact) mass is 368 g/mol. The maximum absolute atomic E-state index is 12.2. The molecule has 0 radical (unpaired) electrons. The van der Waals surface area contributed by atoms with E-state index in [1.165, 1.54) is 50.8 Å². The van der Waals surface area contributed by atoms with Crippen LogP contribution < -0.4 is 10.6 Å². The van der Waals surface area contributed by atoms with Crippen LogP contribution in [0.25, 0.3) is 0 Å². The van der Waals surface area contributed by atoms with Crippen molar-refractivity contribution in [2.45, 2.75) is 4.90 Å². The molecule has 2 rings (SSSR count).